The Bertz CT molecular complexity index is 150. The Morgan fingerprint density at radius 3 is 2.38 bits per heavy atom. The molecule has 13 heavy (non-hydrogen) atoms. The fraction of sp³-hybridized carbons (Fsp3) is 0.909. The van der Waals surface area contributed by atoms with E-state index < -0.39 is 0 Å². The molecule has 0 aliphatic rings. The van der Waals surface area contributed by atoms with Crippen molar-refractivity contribution >= 4 is 5.97 Å². The summed E-state index contributed by atoms with van der Waals surface area (Å²) in [5, 5.41) is 0. The Morgan fingerprint density at radius 1 is 1.31 bits per heavy atom. The molecule has 0 fully saturated rings. The van der Waals surface area contributed by atoms with Crippen LogP contribution in [0, 0.1) is 5.41 Å². The van der Waals surface area contributed by atoms with Gasteiger partial charge in [0.2, 0.25) is 0 Å². The summed E-state index contributed by atoms with van der Waals surface area (Å²) < 4.78 is 5.08. The van der Waals surface area contributed by atoms with Crippen LogP contribution >= 0.6 is 0 Å². The predicted molar refractivity (Wildman–Crippen MR) is 54.6 cm³/mol. The number of unbranched alkanes of at least 4 members (excludes halogenated alkanes) is 1. The molecule has 0 aromatic heterocycles. The van der Waals surface area contributed by atoms with E-state index in [-0.39, 0.29) is 11.4 Å². The van der Waals surface area contributed by atoms with Crippen molar-refractivity contribution in [2.75, 3.05) is 6.61 Å². The Balaban J connectivity index is 3.62. The first-order chi connectivity index (χ1) is 6.02. The lowest BCUT2D eigenvalue weighted by atomic mass is 9.87. The summed E-state index contributed by atoms with van der Waals surface area (Å²) in [6.45, 7) is 8.94. The van der Waals surface area contributed by atoms with Crippen LogP contribution in [-0.4, -0.2) is 12.6 Å². The Hall–Kier alpha value is -0.530. The van der Waals surface area contributed by atoms with E-state index in [1.54, 1.807) is 0 Å². The topological polar surface area (TPSA) is 26.3 Å². The number of hydrogen-bond acceptors (Lipinski definition) is 2. The minimum Gasteiger partial charge on any atom is -0.466 e. The average molecular weight is 186 g/mol. The van der Waals surface area contributed by atoms with Crippen molar-refractivity contribution in [3.05, 3.63) is 0 Å². The lowest BCUT2D eigenvalue weighted by Gasteiger charge is -2.20. The van der Waals surface area contributed by atoms with Gasteiger partial charge in [0, 0.05) is 0 Å². The highest BCUT2D eigenvalue weighted by atomic mass is 16.5. The van der Waals surface area contributed by atoms with Gasteiger partial charge in [0.05, 0.1) is 13.0 Å². The third-order valence-electron chi connectivity index (χ3n) is 2.34. The summed E-state index contributed by atoms with van der Waals surface area (Å²) >= 11 is 0. The van der Waals surface area contributed by atoms with Crippen molar-refractivity contribution in [3.63, 3.8) is 0 Å². The van der Waals surface area contributed by atoms with Crippen molar-refractivity contribution in [1.82, 2.24) is 0 Å². The van der Waals surface area contributed by atoms with Crippen LogP contribution in [0.5, 0.6) is 0 Å². The van der Waals surface area contributed by atoms with Gasteiger partial charge in [0.1, 0.15) is 0 Å². The number of carbonyl (C=O) groups is 1. The fourth-order valence-electron chi connectivity index (χ4n) is 0.897. The van der Waals surface area contributed by atoms with Crippen LogP contribution in [0.4, 0.5) is 0 Å². The molecule has 0 unspecified atom stereocenters. The molecule has 0 radical (unpaired) electrons. The quantitative estimate of drug-likeness (QED) is 0.470. The highest BCUT2D eigenvalue weighted by Gasteiger charge is 2.20. The third kappa shape index (κ3) is 6.62. The maximum Gasteiger partial charge on any atom is 0.306 e. The minimum atomic E-state index is -0.0553. The van der Waals surface area contributed by atoms with E-state index in [0.29, 0.717) is 13.0 Å². The van der Waals surface area contributed by atoms with E-state index in [1.807, 2.05) is 0 Å². The van der Waals surface area contributed by atoms with Gasteiger partial charge in [-0.1, -0.05) is 40.5 Å². The van der Waals surface area contributed by atoms with Crippen molar-refractivity contribution in [2.45, 2.75) is 53.4 Å². The predicted octanol–water partition coefficient (Wildman–Crippen LogP) is 3.16. The van der Waals surface area contributed by atoms with E-state index in [0.717, 1.165) is 19.3 Å². The van der Waals surface area contributed by atoms with E-state index in [9.17, 15) is 4.79 Å². The van der Waals surface area contributed by atoms with Gasteiger partial charge in [-0.2, -0.15) is 0 Å². The van der Waals surface area contributed by atoms with Crippen LogP contribution in [0.2, 0.25) is 0 Å². The summed E-state index contributed by atoms with van der Waals surface area (Å²) in [6, 6.07) is 0. The van der Waals surface area contributed by atoms with Crippen molar-refractivity contribution in [2.24, 2.45) is 5.41 Å². The molecule has 0 aliphatic heterocycles. The molecule has 0 aromatic carbocycles. The molecule has 0 rings (SSSR count). The summed E-state index contributed by atoms with van der Waals surface area (Å²) in [4.78, 5) is 11.3. The molecule has 0 amide bonds. The van der Waals surface area contributed by atoms with Gasteiger partial charge in [0.25, 0.3) is 0 Å². The second kappa shape index (κ2) is 6.01. The molecule has 0 heterocycles. The number of ether oxygens (including phenoxy) is 1. The molecule has 0 atom stereocenters. The van der Waals surface area contributed by atoms with Crippen LogP contribution in [0.25, 0.3) is 0 Å². The molecule has 0 spiro atoms. The van der Waals surface area contributed by atoms with Gasteiger partial charge < -0.3 is 4.74 Å². The van der Waals surface area contributed by atoms with Gasteiger partial charge in [-0.05, 0) is 11.8 Å². The van der Waals surface area contributed by atoms with Gasteiger partial charge in [0.15, 0.2) is 0 Å². The van der Waals surface area contributed by atoms with Crippen molar-refractivity contribution < 1.29 is 9.53 Å². The van der Waals surface area contributed by atoms with Gasteiger partial charge in [-0.3, -0.25) is 4.79 Å². The summed E-state index contributed by atoms with van der Waals surface area (Å²) in [5.41, 5.74) is 0.0866. The lowest BCUT2D eigenvalue weighted by molar-refractivity contribution is -0.146. The van der Waals surface area contributed by atoms with Crippen LogP contribution in [0.3, 0.4) is 0 Å². The molecule has 0 bridgehead atoms. The van der Waals surface area contributed by atoms with Crippen LogP contribution < -0.4 is 0 Å². The number of rotatable bonds is 6. The zero-order valence-electron chi connectivity index (χ0n) is 9.35. The SMILES string of the molecule is CCCCOC(=O)CC(C)(C)CC. The number of hydrogen-bond donors (Lipinski definition) is 0. The van der Waals surface area contributed by atoms with Crippen LogP contribution in [0.15, 0.2) is 0 Å². The molecular weight excluding hydrogens is 164 g/mol. The fourth-order valence-corrected chi connectivity index (χ4v) is 0.897. The largest absolute Gasteiger partial charge is 0.466 e. The monoisotopic (exact) mass is 186 g/mol. The molecule has 0 saturated heterocycles. The third-order valence-corrected chi connectivity index (χ3v) is 2.34. The minimum absolute atomic E-state index is 0.0553. The smallest absolute Gasteiger partial charge is 0.306 e. The lowest BCUT2D eigenvalue weighted by Crippen LogP contribution is -2.18. The maximum atomic E-state index is 11.3. The van der Waals surface area contributed by atoms with E-state index in [4.69, 9.17) is 4.74 Å². The molecule has 0 aromatic rings. The maximum absolute atomic E-state index is 11.3. The Kier molecular flexibility index (Phi) is 5.76. The first-order valence-electron chi connectivity index (χ1n) is 5.17. The molecule has 2 heteroatoms. The zero-order valence-corrected chi connectivity index (χ0v) is 9.35. The van der Waals surface area contributed by atoms with E-state index in [1.165, 1.54) is 0 Å². The van der Waals surface area contributed by atoms with Gasteiger partial charge >= 0.3 is 5.97 Å². The molecule has 0 N–H and O–H groups in total. The first kappa shape index (κ1) is 12.5. The summed E-state index contributed by atoms with van der Waals surface area (Å²) in [6.07, 6.45) is 3.59. The summed E-state index contributed by atoms with van der Waals surface area (Å²) in [5.74, 6) is -0.0553. The van der Waals surface area contributed by atoms with Crippen molar-refractivity contribution in [3.8, 4) is 0 Å². The second-order valence-corrected chi connectivity index (χ2v) is 4.27. The van der Waals surface area contributed by atoms with E-state index >= 15 is 0 Å². The highest BCUT2D eigenvalue weighted by Crippen LogP contribution is 2.24. The molecule has 0 aliphatic carbocycles. The van der Waals surface area contributed by atoms with Gasteiger partial charge in [-0.15, -0.1) is 0 Å². The number of carbonyl (C=O) groups excluding carboxylic acids is 1. The first-order valence-corrected chi connectivity index (χ1v) is 5.17. The average Bonchev–Trinajstić information content (AvgIpc) is 2.04. The Morgan fingerprint density at radius 2 is 1.92 bits per heavy atom. The van der Waals surface area contributed by atoms with E-state index in [2.05, 4.69) is 27.7 Å². The normalized spacial score (nSPS) is 11.4. The number of esters is 1. The molecule has 78 valence electrons. The van der Waals surface area contributed by atoms with Crippen LogP contribution in [0.1, 0.15) is 53.4 Å². The second-order valence-electron chi connectivity index (χ2n) is 4.27. The Labute approximate surface area is 81.7 Å². The van der Waals surface area contributed by atoms with Crippen molar-refractivity contribution in [1.29, 1.82) is 0 Å². The molecular formula is C11H22O2. The standard InChI is InChI=1S/C11H22O2/c1-5-7-8-13-10(12)9-11(3,4)6-2/h5-9H2,1-4H3. The molecule has 2 nitrogen and oxygen atoms in total. The molecule has 0 saturated carbocycles. The zero-order chi connectivity index (χ0) is 10.3. The summed E-state index contributed by atoms with van der Waals surface area (Å²) in [7, 11) is 0. The van der Waals surface area contributed by atoms with Crippen LogP contribution in [-0.2, 0) is 9.53 Å². The van der Waals surface area contributed by atoms with Gasteiger partial charge in [-0.25, -0.2) is 0 Å². The highest BCUT2D eigenvalue weighted by molar-refractivity contribution is 5.70.